The van der Waals surface area contributed by atoms with Crippen molar-refractivity contribution in [1.29, 1.82) is 0 Å². The van der Waals surface area contributed by atoms with Gasteiger partial charge in [-0.3, -0.25) is 0 Å². The minimum absolute atomic E-state index is 0.714. The average molecular weight is 226 g/mol. The summed E-state index contributed by atoms with van der Waals surface area (Å²) in [7, 11) is 2.02. The lowest BCUT2D eigenvalue weighted by Gasteiger charge is -2.19. The van der Waals surface area contributed by atoms with Crippen LogP contribution in [0.25, 0.3) is 0 Å². The van der Waals surface area contributed by atoms with Crippen LogP contribution in [0, 0.1) is 0 Å². The first-order valence-electron chi connectivity index (χ1n) is 5.32. The molecule has 1 aromatic rings. The van der Waals surface area contributed by atoms with E-state index < -0.39 is 0 Å². The van der Waals surface area contributed by atoms with Gasteiger partial charge in [-0.1, -0.05) is 11.6 Å². The molecule has 0 aliphatic heterocycles. The second kappa shape index (κ2) is 4.81. The van der Waals surface area contributed by atoms with Crippen LogP contribution >= 0.6 is 11.6 Å². The maximum atomic E-state index is 6.05. The van der Waals surface area contributed by atoms with E-state index in [4.69, 9.17) is 11.6 Å². The fourth-order valence-electron chi connectivity index (χ4n) is 1.49. The van der Waals surface area contributed by atoms with E-state index in [9.17, 15) is 0 Å². The van der Waals surface area contributed by atoms with E-state index in [0.29, 0.717) is 5.02 Å². The monoisotopic (exact) mass is 225 g/mol. The molecule has 82 valence electrons. The zero-order chi connectivity index (χ0) is 10.7. The summed E-state index contributed by atoms with van der Waals surface area (Å²) in [6, 6.07) is 4.48. The summed E-state index contributed by atoms with van der Waals surface area (Å²) < 4.78 is 0. The Kier molecular flexibility index (Phi) is 3.44. The molecule has 15 heavy (non-hydrogen) atoms. The van der Waals surface area contributed by atoms with Crippen molar-refractivity contribution < 1.29 is 0 Å². The number of aromatic nitrogens is 1. The molecule has 1 N–H and O–H groups in total. The van der Waals surface area contributed by atoms with Gasteiger partial charge in [-0.25, -0.2) is 4.98 Å². The van der Waals surface area contributed by atoms with E-state index in [0.717, 1.165) is 24.9 Å². The van der Waals surface area contributed by atoms with E-state index >= 15 is 0 Å². The first-order valence-corrected chi connectivity index (χ1v) is 5.70. The van der Waals surface area contributed by atoms with Crippen molar-refractivity contribution in [3.8, 4) is 0 Å². The molecule has 3 nitrogen and oxygen atoms in total. The summed E-state index contributed by atoms with van der Waals surface area (Å²) in [5, 5.41) is 4.18. The smallest absolute Gasteiger partial charge is 0.147 e. The van der Waals surface area contributed by atoms with Crippen molar-refractivity contribution in [1.82, 2.24) is 10.3 Å². The van der Waals surface area contributed by atoms with E-state index in [1.54, 1.807) is 6.20 Å². The Morgan fingerprint density at radius 3 is 3.07 bits per heavy atom. The van der Waals surface area contributed by atoms with Gasteiger partial charge in [0.1, 0.15) is 5.82 Å². The summed E-state index contributed by atoms with van der Waals surface area (Å²) in [5.41, 5.74) is 0. The van der Waals surface area contributed by atoms with Gasteiger partial charge in [0, 0.05) is 32.4 Å². The van der Waals surface area contributed by atoms with E-state index in [1.807, 2.05) is 19.2 Å². The number of rotatable bonds is 5. The molecule has 0 amide bonds. The first-order chi connectivity index (χ1) is 7.27. The Bertz CT molecular complexity index is 325. The summed E-state index contributed by atoms with van der Waals surface area (Å²) in [6.07, 6.45) is 4.42. The molecular weight excluding hydrogens is 210 g/mol. The van der Waals surface area contributed by atoms with E-state index in [1.165, 1.54) is 12.8 Å². The van der Waals surface area contributed by atoms with Gasteiger partial charge >= 0.3 is 0 Å². The van der Waals surface area contributed by atoms with Crippen LogP contribution in [0.4, 0.5) is 5.82 Å². The SMILES string of the molecule is CN(CCNC1CC1)c1ncccc1Cl. The van der Waals surface area contributed by atoms with Gasteiger partial charge in [0.25, 0.3) is 0 Å². The van der Waals surface area contributed by atoms with Crippen molar-refractivity contribution in [2.24, 2.45) is 0 Å². The van der Waals surface area contributed by atoms with Crippen molar-refractivity contribution in [3.63, 3.8) is 0 Å². The lowest BCUT2D eigenvalue weighted by molar-refractivity contribution is 0.673. The number of hydrogen-bond donors (Lipinski definition) is 1. The third kappa shape index (κ3) is 3.08. The van der Waals surface area contributed by atoms with Crippen molar-refractivity contribution in [3.05, 3.63) is 23.4 Å². The Labute approximate surface area is 95.4 Å². The minimum Gasteiger partial charge on any atom is -0.357 e. The molecule has 0 saturated heterocycles. The van der Waals surface area contributed by atoms with Gasteiger partial charge in [0.05, 0.1) is 5.02 Å². The van der Waals surface area contributed by atoms with Crippen molar-refractivity contribution in [2.45, 2.75) is 18.9 Å². The summed E-state index contributed by atoms with van der Waals surface area (Å²) in [4.78, 5) is 6.34. The molecule has 1 aliphatic rings. The first kappa shape index (κ1) is 10.7. The molecule has 0 aromatic carbocycles. The fourth-order valence-corrected chi connectivity index (χ4v) is 1.75. The largest absolute Gasteiger partial charge is 0.357 e. The maximum absolute atomic E-state index is 6.05. The Morgan fingerprint density at radius 1 is 1.60 bits per heavy atom. The molecule has 2 rings (SSSR count). The summed E-state index contributed by atoms with van der Waals surface area (Å²) in [6.45, 7) is 1.93. The van der Waals surface area contributed by atoms with Crippen LogP contribution in [-0.4, -0.2) is 31.2 Å². The highest BCUT2D eigenvalue weighted by atomic mass is 35.5. The lowest BCUT2D eigenvalue weighted by Crippen LogP contribution is -2.30. The summed E-state index contributed by atoms with van der Waals surface area (Å²) >= 11 is 6.05. The molecule has 1 fully saturated rings. The molecule has 0 spiro atoms. The highest BCUT2D eigenvalue weighted by Gasteiger charge is 2.20. The normalized spacial score (nSPS) is 15.3. The van der Waals surface area contributed by atoms with Crippen LogP contribution in [0.3, 0.4) is 0 Å². The predicted molar refractivity (Wildman–Crippen MR) is 63.5 cm³/mol. The number of pyridine rings is 1. The topological polar surface area (TPSA) is 28.2 Å². The van der Waals surface area contributed by atoms with Crippen LogP contribution in [0.15, 0.2) is 18.3 Å². The second-order valence-corrected chi connectivity index (χ2v) is 4.37. The molecule has 0 radical (unpaired) electrons. The Hall–Kier alpha value is -0.800. The molecule has 1 saturated carbocycles. The number of nitrogens with one attached hydrogen (secondary N) is 1. The van der Waals surface area contributed by atoms with Crippen LogP contribution in [-0.2, 0) is 0 Å². The standard InChI is InChI=1S/C11H16ClN3/c1-15(8-7-13-9-4-5-9)11-10(12)3-2-6-14-11/h2-3,6,9,13H,4-5,7-8H2,1H3. The zero-order valence-corrected chi connectivity index (χ0v) is 9.67. The molecule has 1 aliphatic carbocycles. The van der Waals surface area contributed by atoms with E-state index in [-0.39, 0.29) is 0 Å². The number of halogens is 1. The zero-order valence-electron chi connectivity index (χ0n) is 8.91. The van der Waals surface area contributed by atoms with Crippen LogP contribution < -0.4 is 10.2 Å². The Morgan fingerprint density at radius 2 is 2.40 bits per heavy atom. The quantitative estimate of drug-likeness (QED) is 0.830. The Balaban J connectivity index is 1.83. The molecule has 4 heteroatoms. The highest BCUT2D eigenvalue weighted by molar-refractivity contribution is 6.32. The third-order valence-corrected chi connectivity index (χ3v) is 2.85. The summed E-state index contributed by atoms with van der Waals surface area (Å²) in [5.74, 6) is 0.858. The number of nitrogens with zero attached hydrogens (tertiary/aromatic N) is 2. The minimum atomic E-state index is 0.714. The second-order valence-electron chi connectivity index (χ2n) is 3.96. The molecule has 0 unspecified atom stereocenters. The average Bonchev–Trinajstić information content (AvgIpc) is 3.02. The lowest BCUT2D eigenvalue weighted by atomic mass is 10.4. The fraction of sp³-hybridized carbons (Fsp3) is 0.545. The van der Waals surface area contributed by atoms with Crippen molar-refractivity contribution in [2.75, 3.05) is 25.0 Å². The van der Waals surface area contributed by atoms with Gasteiger partial charge < -0.3 is 10.2 Å². The van der Waals surface area contributed by atoms with Gasteiger partial charge in [0.2, 0.25) is 0 Å². The van der Waals surface area contributed by atoms with Crippen molar-refractivity contribution >= 4 is 17.4 Å². The third-order valence-electron chi connectivity index (χ3n) is 2.56. The van der Waals surface area contributed by atoms with Gasteiger partial charge in [-0.2, -0.15) is 0 Å². The predicted octanol–water partition coefficient (Wildman–Crippen LogP) is 1.92. The van der Waals surface area contributed by atoms with Crippen LogP contribution in [0.5, 0.6) is 0 Å². The van der Waals surface area contributed by atoms with E-state index in [2.05, 4.69) is 15.2 Å². The van der Waals surface area contributed by atoms with Crippen LogP contribution in [0.2, 0.25) is 5.02 Å². The molecule has 0 bridgehead atoms. The van der Waals surface area contributed by atoms with Crippen LogP contribution in [0.1, 0.15) is 12.8 Å². The van der Waals surface area contributed by atoms with Gasteiger partial charge in [-0.05, 0) is 25.0 Å². The maximum Gasteiger partial charge on any atom is 0.147 e. The number of hydrogen-bond acceptors (Lipinski definition) is 3. The molecular formula is C11H16ClN3. The number of anilines is 1. The highest BCUT2D eigenvalue weighted by Crippen LogP contribution is 2.21. The molecule has 0 atom stereocenters. The number of likely N-dealkylation sites (N-methyl/N-ethyl adjacent to an activating group) is 1. The van der Waals surface area contributed by atoms with Gasteiger partial charge in [-0.15, -0.1) is 0 Å². The molecule has 1 heterocycles. The molecule has 1 aromatic heterocycles. The van der Waals surface area contributed by atoms with Gasteiger partial charge in [0.15, 0.2) is 0 Å².